The van der Waals surface area contributed by atoms with E-state index in [0.29, 0.717) is 15.2 Å². The molecule has 0 saturated carbocycles. The Morgan fingerprint density at radius 2 is 1.79 bits per heavy atom. The normalized spacial score (nSPS) is 15.5. The van der Waals surface area contributed by atoms with Crippen molar-refractivity contribution in [3.05, 3.63) is 28.2 Å². The zero-order chi connectivity index (χ0) is 13.7. The Labute approximate surface area is 129 Å². The maximum absolute atomic E-state index is 5.93. The quantitative estimate of drug-likeness (QED) is 0.833. The van der Waals surface area contributed by atoms with Crippen molar-refractivity contribution in [2.24, 2.45) is 0 Å². The Bertz CT molecular complexity index is 427. The zero-order valence-corrected chi connectivity index (χ0v) is 12.9. The lowest BCUT2D eigenvalue weighted by molar-refractivity contribution is 0.344. The lowest BCUT2D eigenvalue weighted by Crippen LogP contribution is -2.35. The van der Waals surface area contributed by atoms with Crippen LogP contribution in [0.5, 0.6) is 0 Å². The van der Waals surface area contributed by atoms with E-state index in [1.165, 1.54) is 25.9 Å². The summed E-state index contributed by atoms with van der Waals surface area (Å²) in [5.41, 5.74) is 0.802. The molecule has 1 heterocycles. The number of hydrogen-bond donors (Lipinski definition) is 2. The fourth-order valence-electron chi connectivity index (χ4n) is 2.14. The number of thiocarbonyl (C=S) groups is 1. The Kier molecular flexibility index (Phi) is 5.70. The first kappa shape index (κ1) is 14.9. The van der Waals surface area contributed by atoms with Gasteiger partial charge in [-0.1, -0.05) is 23.2 Å². The molecule has 104 valence electrons. The van der Waals surface area contributed by atoms with Gasteiger partial charge in [0.15, 0.2) is 5.11 Å². The van der Waals surface area contributed by atoms with Crippen LogP contribution in [0.2, 0.25) is 10.0 Å². The van der Waals surface area contributed by atoms with Gasteiger partial charge in [0.1, 0.15) is 0 Å². The fourth-order valence-corrected chi connectivity index (χ4v) is 2.88. The van der Waals surface area contributed by atoms with Crippen molar-refractivity contribution in [3.63, 3.8) is 0 Å². The third-order valence-corrected chi connectivity index (χ3v) is 3.72. The predicted molar refractivity (Wildman–Crippen MR) is 86.4 cm³/mol. The standard InChI is InChI=1S/C13H17Cl2N3S/c14-10-7-11(15)9-12(8-10)17-13(19)16-3-6-18-4-1-2-5-18/h7-9H,1-6H2,(H2,16,17,19). The lowest BCUT2D eigenvalue weighted by atomic mass is 10.3. The summed E-state index contributed by atoms with van der Waals surface area (Å²) in [6, 6.07) is 5.28. The van der Waals surface area contributed by atoms with Crippen LogP contribution in [0, 0.1) is 0 Å². The van der Waals surface area contributed by atoms with E-state index >= 15 is 0 Å². The summed E-state index contributed by atoms with van der Waals surface area (Å²) in [7, 11) is 0. The number of hydrogen-bond acceptors (Lipinski definition) is 2. The molecular weight excluding hydrogens is 301 g/mol. The van der Waals surface area contributed by atoms with Crippen LogP contribution in [0.3, 0.4) is 0 Å². The van der Waals surface area contributed by atoms with Gasteiger partial charge in [0, 0.05) is 28.8 Å². The molecule has 0 radical (unpaired) electrons. The van der Waals surface area contributed by atoms with Gasteiger partial charge in [-0.2, -0.15) is 0 Å². The maximum Gasteiger partial charge on any atom is 0.170 e. The third kappa shape index (κ3) is 5.15. The first-order valence-corrected chi connectivity index (χ1v) is 7.53. The monoisotopic (exact) mass is 317 g/mol. The number of nitrogens with zero attached hydrogens (tertiary/aromatic N) is 1. The van der Waals surface area contributed by atoms with Crippen LogP contribution in [0.4, 0.5) is 5.69 Å². The molecule has 1 aromatic carbocycles. The minimum Gasteiger partial charge on any atom is -0.361 e. The van der Waals surface area contributed by atoms with Crippen LogP contribution in [0.25, 0.3) is 0 Å². The smallest absolute Gasteiger partial charge is 0.170 e. The highest BCUT2D eigenvalue weighted by Gasteiger charge is 2.10. The molecule has 2 N–H and O–H groups in total. The molecule has 1 aliphatic rings. The van der Waals surface area contributed by atoms with E-state index in [-0.39, 0.29) is 0 Å². The number of benzene rings is 1. The van der Waals surface area contributed by atoms with Crippen LogP contribution in [0.1, 0.15) is 12.8 Å². The van der Waals surface area contributed by atoms with Gasteiger partial charge in [-0.15, -0.1) is 0 Å². The zero-order valence-electron chi connectivity index (χ0n) is 10.6. The van der Waals surface area contributed by atoms with Gasteiger partial charge < -0.3 is 15.5 Å². The fraction of sp³-hybridized carbons (Fsp3) is 0.462. The highest BCUT2D eigenvalue weighted by Crippen LogP contribution is 2.22. The van der Waals surface area contributed by atoms with Crippen LogP contribution in [0.15, 0.2) is 18.2 Å². The number of rotatable bonds is 4. The predicted octanol–water partition coefficient (Wildman–Crippen LogP) is 3.38. The first-order valence-electron chi connectivity index (χ1n) is 6.37. The van der Waals surface area contributed by atoms with Crippen molar-refractivity contribution in [2.45, 2.75) is 12.8 Å². The molecule has 1 aromatic rings. The SMILES string of the molecule is S=C(NCCN1CCCC1)Nc1cc(Cl)cc(Cl)c1. The molecule has 2 rings (SSSR count). The molecular formula is C13H17Cl2N3S. The van der Waals surface area contributed by atoms with E-state index in [1.807, 2.05) is 0 Å². The van der Waals surface area contributed by atoms with Gasteiger partial charge in [0.25, 0.3) is 0 Å². The minimum atomic E-state index is 0.592. The van der Waals surface area contributed by atoms with Crippen LogP contribution in [-0.2, 0) is 0 Å². The summed E-state index contributed by atoms with van der Waals surface area (Å²) in [6.07, 6.45) is 2.62. The number of anilines is 1. The summed E-state index contributed by atoms with van der Waals surface area (Å²) in [6.45, 7) is 4.27. The molecule has 0 amide bonds. The van der Waals surface area contributed by atoms with Gasteiger partial charge in [-0.05, 0) is 56.3 Å². The molecule has 19 heavy (non-hydrogen) atoms. The van der Waals surface area contributed by atoms with Gasteiger partial charge >= 0.3 is 0 Å². The largest absolute Gasteiger partial charge is 0.361 e. The van der Waals surface area contributed by atoms with Crippen molar-refractivity contribution in [3.8, 4) is 0 Å². The number of nitrogens with one attached hydrogen (secondary N) is 2. The maximum atomic E-state index is 5.93. The number of halogens is 2. The summed E-state index contributed by atoms with van der Waals surface area (Å²) in [5.74, 6) is 0. The van der Waals surface area contributed by atoms with Gasteiger partial charge in [0.05, 0.1) is 0 Å². The second-order valence-corrected chi connectivity index (χ2v) is 5.87. The topological polar surface area (TPSA) is 27.3 Å². The van der Waals surface area contributed by atoms with Crippen molar-refractivity contribution in [2.75, 3.05) is 31.5 Å². The molecule has 0 bridgehead atoms. The summed E-state index contributed by atoms with van der Waals surface area (Å²) >= 11 is 17.1. The molecule has 0 aliphatic carbocycles. The van der Waals surface area contributed by atoms with E-state index < -0.39 is 0 Å². The molecule has 6 heteroatoms. The summed E-state index contributed by atoms with van der Waals surface area (Å²) in [4.78, 5) is 2.44. The van der Waals surface area contributed by atoms with E-state index in [1.54, 1.807) is 18.2 Å². The Morgan fingerprint density at radius 3 is 2.42 bits per heavy atom. The summed E-state index contributed by atoms with van der Waals surface area (Å²) < 4.78 is 0. The lowest BCUT2D eigenvalue weighted by Gasteiger charge is -2.16. The van der Waals surface area contributed by atoms with Crippen LogP contribution >= 0.6 is 35.4 Å². The van der Waals surface area contributed by atoms with E-state index in [0.717, 1.165) is 18.8 Å². The van der Waals surface area contributed by atoms with Gasteiger partial charge in [-0.25, -0.2) is 0 Å². The van der Waals surface area contributed by atoms with E-state index in [4.69, 9.17) is 35.4 Å². The second kappa shape index (κ2) is 7.29. The average molecular weight is 318 g/mol. The highest BCUT2D eigenvalue weighted by molar-refractivity contribution is 7.80. The van der Waals surface area contributed by atoms with Crippen LogP contribution < -0.4 is 10.6 Å². The number of likely N-dealkylation sites (tertiary alicyclic amines) is 1. The third-order valence-electron chi connectivity index (χ3n) is 3.03. The van der Waals surface area contributed by atoms with Gasteiger partial charge in [-0.3, -0.25) is 0 Å². The molecule has 3 nitrogen and oxygen atoms in total. The molecule has 0 aromatic heterocycles. The molecule has 0 atom stereocenters. The van der Waals surface area contributed by atoms with Gasteiger partial charge in [0.2, 0.25) is 0 Å². The molecule has 1 aliphatic heterocycles. The second-order valence-electron chi connectivity index (χ2n) is 4.59. The molecule has 1 saturated heterocycles. The molecule has 1 fully saturated rings. The minimum absolute atomic E-state index is 0.592. The molecule has 0 spiro atoms. The van der Waals surface area contributed by atoms with Crippen molar-refractivity contribution in [1.82, 2.24) is 10.2 Å². The summed E-state index contributed by atoms with van der Waals surface area (Å²) in [5, 5.41) is 8.05. The Balaban J connectivity index is 1.74. The Morgan fingerprint density at radius 1 is 1.16 bits per heavy atom. The van der Waals surface area contributed by atoms with Crippen molar-refractivity contribution < 1.29 is 0 Å². The van der Waals surface area contributed by atoms with E-state index in [9.17, 15) is 0 Å². The Hall–Kier alpha value is -0.550. The van der Waals surface area contributed by atoms with Crippen molar-refractivity contribution in [1.29, 1.82) is 0 Å². The van der Waals surface area contributed by atoms with E-state index in [2.05, 4.69) is 15.5 Å². The average Bonchev–Trinajstić information content (AvgIpc) is 2.80. The first-order chi connectivity index (χ1) is 9.13. The van der Waals surface area contributed by atoms with Crippen LogP contribution in [-0.4, -0.2) is 36.2 Å². The molecule has 0 unspecified atom stereocenters. The van der Waals surface area contributed by atoms with Crippen molar-refractivity contribution >= 4 is 46.2 Å². The highest BCUT2D eigenvalue weighted by atomic mass is 35.5.